The molecule has 9 heteroatoms. The van der Waals surface area contributed by atoms with Gasteiger partial charge in [0.05, 0.1) is 16.1 Å². The molecule has 0 fully saturated rings. The van der Waals surface area contributed by atoms with Gasteiger partial charge in [-0.25, -0.2) is 8.42 Å². The predicted molar refractivity (Wildman–Crippen MR) is 110 cm³/mol. The molecule has 0 aliphatic heterocycles. The number of aromatic hydroxyl groups is 2. The van der Waals surface area contributed by atoms with E-state index in [1.807, 2.05) is 0 Å². The van der Waals surface area contributed by atoms with Crippen molar-refractivity contribution in [3.63, 3.8) is 0 Å². The molecule has 0 unspecified atom stereocenters. The van der Waals surface area contributed by atoms with Gasteiger partial charge in [0, 0.05) is 11.6 Å². The number of nitrogens with one attached hydrogen (secondary N) is 2. The topological polar surface area (TPSA) is 116 Å². The van der Waals surface area contributed by atoms with Crippen LogP contribution in [0.3, 0.4) is 0 Å². The third-order valence-electron chi connectivity index (χ3n) is 4.04. The molecule has 3 aromatic rings. The molecule has 0 radical (unpaired) electrons. The first-order valence-electron chi connectivity index (χ1n) is 8.43. The number of anilines is 1. The third-order valence-corrected chi connectivity index (χ3v) is 5.65. The van der Waals surface area contributed by atoms with Crippen LogP contribution in [0.2, 0.25) is 5.02 Å². The first-order valence-corrected chi connectivity index (χ1v) is 10.3. The molecule has 4 N–H and O–H groups in total. The van der Waals surface area contributed by atoms with E-state index in [0.717, 1.165) is 0 Å². The summed E-state index contributed by atoms with van der Waals surface area (Å²) in [4.78, 5) is 12.2. The Balaban J connectivity index is 1.68. The Labute approximate surface area is 172 Å². The number of amides is 1. The largest absolute Gasteiger partial charge is 0.507 e. The Bertz CT molecular complexity index is 1150. The molecule has 3 rings (SSSR count). The number of benzene rings is 3. The lowest BCUT2D eigenvalue weighted by Gasteiger charge is -2.11. The molecule has 7 nitrogen and oxygen atoms in total. The molecule has 1 amide bonds. The van der Waals surface area contributed by atoms with Gasteiger partial charge in [0.15, 0.2) is 0 Å². The van der Waals surface area contributed by atoms with Gasteiger partial charge in [-0.2, -0.15) is 0 Å². The second-order valence-electron chi connectivity index (χ2n) is 6.11. The van der Waals surface area contributed by atoms with Crippen LogP contribution in [-0.2, 0) is 16.6 Å². The van der Waals surface area contributed by atoms with Crippen LogP contribution in [0.1, 0.15) is 15.9 Å². The summed E-state index contributed by atoms with van der Waals surface area (Å²) in [7, 11) is -3.88. The maximum absolute atomic E-state index is 12.5. The van der Waals surface area contributed by atoms with E-state index in [1.54, 1.807) is 24.3 Å². The summed E-state index contributed by atoms with van der Waals surface area (Å²) >= 11 is 5.84. The van der Waals surface area contributed by atoms with E-state index in [9.17, 15) is 23.4 Å². The number of para-hydroxylation sites is 2. The summed E-state index contributed by atoms with van der Waals surface area (Å²) in [6, 6.07) is 16.0. The van der Waals surface area contributed by atoms with E-state index >= 15 is 0 Å². The van der Waals surface area contributed by atoms with Crippen molar-refractivity contribution in [3.8, 4) is 11.5 Å². The quantitative estimate of drug-likeness (QED) is 0.445. The SMILES string of the molecule is O=C(NCc1ccc(S(=O)(=O)Nc2ccccc2O)cc1)c1cc(Cl)ccc1O. The standard InChI is InChI=1S/C20H17ClN2O5S/c21-14-7-10-18(24)16(11-14)20(26)22-12-13-5-8-15(9-6-13)29(27,28)23-17-3-1-2-4-19(17)25/h1-11,23-25H,12H2,(H,22,26). The molecule has 150 valence electrons. The van der Waals surface area contributed by atoms with E-state index in [0.29, 0.717) is 10.6 Å². The normalized spacial score (nSPS) is 11.1. The highest BCUT2D eigenvalue weighted by molar-refractivity contribution is 7.92. The predicted octanol–water partition coefficient (Wildman–Crippen LogP) is 3.48. The Hall–Kier alpha value is -3.23. The molecule has 0 aromatic heterocycles. The number of phenols is 2. The molecule has 29 heavy (non-hydrogen) atoms. The van der Waals surface area contributed by atoms with Crippen LogP contribution in [0.15, 0.2) is 71.6 Å². The maximum atomic E-state index is 12.5. The van der Waals surface area contributed by atoms with Crippen LogP contribution in [0.4, 0.5) is 5.69 Å². The van der Waals surface area contributed by atoms with Gasteiger partial charge in [-0.3, -0.25) is 9.52 Å². The van der Waals surface area contributed by atoms with Crippen LogP contribution in [0.5, 0.6) is 11.5 Å². The maximum Gasteiger partial charge on any atom is 0.262 e. The average Bonchev–Trinajstić information content (AvgIpc) is 2.70. The molecule has 3 aromatic carbocycles. The zero-order valence-corrected chi connectivity index (χ0v) is 16.5. The minimum atomic E-state index is -3.88. The number of hydrogen-bond donors (Lipinski definition) is 4. The minimum absolute atomic E-state index is 0.00307. The summed E-state index contributed by atoms with van der Waals surface area (Å²) in [5.41, 5.74) is 0.773. The number of carbonyl (C=O) groups is 1. The van der Waals surface area contributed by atoms with Gasteiger partial charge in [-0.15, -0.1) is 0 Å². The van der Waals surface area contributed by atoms with Crippen molar-refractivity contribution in [2.75, 3.05) is 4.72 Å². The molecule has 0 aliphatic carbocycles. The first-order chi connectivity index (χ1) is 13.8. The highest BCUT2D eigenvalue weighted by Crippen LogP contribution is 2.25. The van der Waals surface area contributed by atoms with Crippen LogP contribution in [0.25, 0.3) is 0 Å². The van der Waals surface area contributed by atoms with Crippen LogP contribution >= 0.6 is 11.6 Å². The lowest BCUT2D eigenvalue weighted by Crippen LogP contribution is -2.23. The van der Waals surface area contributed by atoms with Crippen molar-refractivity contribution < 1.29 is 23.4 Å². The fraction of sp³-hybridized carbons (Fsp3) is 0.0500. The van der Waals surface area contributed by atoms with E-state index in [4.69, 9.17) is 11.6 Å². The summed E-state index contributed by atoms with van der Waals surface area (Å²) in [6.45, 7) is 0.123. The second kappa shape index (κ2) is 8.42. The summed E-state index contributed by atoms with van der Waals surface area (Å²) in [5, 5.41) is 22.4. The van der Waals surface area contributed by atoms with Gasteiger partial charge in [0.1, 0.15) is 11.5 Å². The highest BCUT2D eigenvalue weighted by Gasteiger charge is 2.16. The van der Waals surface area contributed by atoms with Gasteiger partial charge in [0.25, 0.3) is 15.9 Å². The Morgan fingerprint density at radius 2 is 1.62 bits per heavy atom. The zero-order chi connectivity index (χ0) is 21.0. The van der Waals surface area contributed by atoms with Crippen molar-refractivity contribution in [3.05, 3.63) is 82.9 Å². The summed E-state index contributed by atoms with van der Waals surface area (Å²) in [6.07, 6.45) is 0. The number of phenolic OH excluding ortho intramolecular Hbond substituents is 2. The van der Waals surface area contributed by atoms with Crippen LogP contribution in [0, 0.1) is 0 Å². The summed E-state index contributed by atoms with van der Waals surface area (Å²) < 4.78 is 27.2. The Morgan fingerprint density at radius 1 is 0.931 bits per heavy atom. The number of hydrogen-bond acceptors (Lipinski definition) is 5. The molecular weight excluding hydrogens is 416 g/mol. The van der Waals surface area contributed by atoms with E-state index in [1.165, 1.54) is 42.5 Å². The number of rotatable bonds is 6. The molecule has 0 saturated heterocycles. The highest BCUT2D eigenvalue weighted by atomic mass is 35.5. The molecule has 0 bridgehead atoms. The van der Waals surface area contributed by atoms with Gasteiger partial charge < -0.3 is 15.5 Å². The first kappa shape index (κ1) is 20.5. The van der Waals surface area contributed by atoms with Crippen molar-refractivity contribution in [2.45, 2.75) is 11.4 Å². The molecule has 0 heterocycles. The van der Waals surface area contributed by atoms with Gasteiger partial charge in [-0.1, -0.05) is 35.9 Å². The van der Waals surface area contributed by atoms with E-state index in [2.05, 4.69) is 10.0 Å². The Morgan fingerprint density at radius 3 is 2.31 bits per heavy atom. The number of sulfonamides is 1. The van der Waals surface area contributed by atoms with Crippen molar-refractivity contribution >= 4 is 33.2 Å². The average molecular weight is 433 g/mol. The molecule has 0 spiro atoms. The fourth-order valence-corrected chi connectivity index (χ4v) is 3.76. The van der Waals surface area contributed by atoms with Crippen LogP contribution < -0.4 is 10.0 Å². The van der Waals surface area contributed by atoms with Gasteiger partial charge in [-0.05, 0) is 48.0 Å². The Kier molecular flexibility index (Phi) is 5.95. The zero-order valence-electron chi connectivity index (χ0n) is 15.0. The lowest BCUT2D eigenvalue weighted by molar-refractivity contribution is 0.0948. The van der Waals surface area contributed by atoms with Crippen molar-refractivity contribution in [1.29, 1.82) is 0 Å². The van der Waals surface area contributed by atoms with Crippen LogP contribution in [-0.4, -0.2) is 24.5 Å². The van der Waals surface area contributed by atoms with E-state index < -0.39 is 15.9 Å². The third kappa shape index (κ3) is 4.98. The van der Waals surface area contributed by atoms with Gasteiger partial charge >= 0.3 is 0 Å². The lowest BCUT2D eigenvalue weighted by atomic mass is 10.1. The monoisotopic (exact) mass is 432 g/mol. The molecule has 0 atom stereocenters. The van der Waals surface area contributed by atoms with E-state index in [-0.39, 0.29) is 34.2 Å². The summed E-state index contributed by atoms with van der Waals surface area (Å²) in [5.74, 6) is -0.883. The van der Waals surface area contributed by atoms with Crippen molar-refractivity contribution in [1.82, 2.24) is 5.32 Å². The van der Waals surface area contributed by atoms with Gasteiger partial charge in [0.2, 0.25) is 0 Å². The molecule has 0 aliphatic rings. The molecular formula is C20H17ClN2O5S. The minimum Gasteiger partial charge on any atom is -0.507 e. The molecule has 0 saturated carbocycles. The second-order valence-corrected chi connectivity index (χ2v) is 8.23. The number of carbonyl (C=O) groups excluding carboxylic acids is 1. The number of halogens is 1. The fourth-order valence-electron chi connectivity index (χ4n) is 2.52. The smallest absolute Gasteiger partial charge is 0.262 e. The van der Waals surface area contributed by atoms with Crippen molar-refractivity contribution in [2.24, 2.45) is 0 Å².